The van der Waals surface area contributed by atoms with Crippen LogP contribution < -0.4 is 5.32 Å². The minimum absolute atomic E-state index is 0.0570. The van der Waals surface area contributed by atoms with Gasteiger partial charge in [-0.1, -0.05) is 6.42 Å². The number of likely N-dealkylation sites (N-methyl/N-ethyl adjacent to an activating group) is 1. The maximum absolute atomic E-state index is 12.2. The van der Waals surface area contributed by atoms with Gasteiger partial charge in [0.2, 0.25) is 11.8 Å². The van der Waals surface area contributed by atoms with E-state index < -0.39 is 0 Å². The molecule has 1 aromatic heterocycles. The number of pyridine rings is 1. The van der Waals surface area contributed by atoms with Gasteiger partial charge >= 0.3 is 0 Å². The summed E-state index contributed by atoms with van der Waals surface area (Å²) in [5, 5.41) is 2.89. The molecule has 2 rings (SSSR count). The Morgan fingerprint density at radius 1 is 1.42 bits per heavy atom. The SMILES string of the molecule is CN1C(=O)CCCCC1C(=O)NCc1ccncc1. The maximum atomic E-state index is 12.2. The summed E-state index contributed by atoms with van der Waals surface area (Å²) in [4.78, 5) is 29.4. The predicted octanol–water partition coefficient (Wildman–Crippen LogP) is 1.10. The average Bonchev–Trinajstić information content (AvgIpc) is 2.60. The smallest absolute Gasteiger partial charge is 0.243 e. The lowest BCUT2D eigenvalue weighted by atomic mass is 10.1. The molecule has 5 nitrogen and oxygen atoms in total. The van der Waals surface area contributed by atoms with Crippen LogP contribution in [0.2, 0.25) is 0 Å². The molecule has 0 aromatic carbocycles. The van der Waals surface area contributed by atoms with Gasteiger partial charge in [-0.25, -0.2) is 0 Å². The van der Waals surface area contributed by atoms with Crippen LogP contribution in [0.1, 0.15) is 31.2 Å². The van der Waals surface area contributed by atoms with Gasteiger partial charge in [0.15, 0.2) is 0 Å². The first-order valence-electron chi connectivity index (χ1n) is 6.61. The van der Waals surface area contributed by atoms with E-state index in [1.54, 1.807) is 24.3 Å². The highest BCUT2D eigenvalue weighted by molar-refractivity contribution is 5.87. The van der Waals surface area contributed by atoms with Gasteiger partial charge in [-0.3, -0.25) is 14.6 Å². The van der Waals surface area contributed by atoms with Crippen molar-refractivity contribution < 1.29 is 9.59 Å². The van der Waals surface area contributed by atoms with Crippen LogP contribution in [0.5, 0.6) is 0 Å². The summed E-state index contributed by atoms with van der Waals surface area (Å²) in [5.41, 5.74) is 1.01. The highest BCUT2D eigenvalue weighted by Gasteiger charge is 2.28. The lowest BCUT2D eigenvalue weighted by Gasteiger charge is -2.25. The van der Waals surface area contributed by atoms with Crippen LogP contribution in [0.4, 0.5) is 0 Å². The largest absolute Gasteiger partial charge is 0.350 e. The van der Waals surface area contributed by atoms with Crippen molar-refractivity contribution in [2.75, 3.05) is 7.05 Å². The minimum Gasteiger partial charge on any atom is -0.350 e. The summed E-state index contributed by atoms with van der Waals surface area (Å²) >= 11 is 0. The number of amides is 2. The number of carbonyl (C=O) groups is 2. The van der Waals surface area contributed by atoms with Crippen molar-refractivity contribution in [1.29, 1.82) is 0 Å². The van der Waals surface area contributed by atoms with Crippen LogP contribution in [-0.2, 0) is 16.1 Å². The molecule has 0 aliphatic carbocycles. The lowest BCUT2D eigenvalue weighted by Crippen LogP contribution is -2.46. The van der Waals surface area contributed by atoms with Crippen LogP contribution in [0.3, 0.4) is 0 Å². The molecule has 1 fully saturated rings. The Morgan fingerprint density at radius 2 is 2.16 bits per heavy atom. The standard InChI is InChI=1S/C14H19N3O2/c1-17-12(4-2-3-5-13(17)18)14(19)16-10-11-6-8-15-9-7-11/h6-9,12H,2-5,10H2,1H3,(H,16,19). The molecule has 1 aliphatic rings. The molecular formula is C14H19N3O2. The number of nitrogens with zero attached hydrogens (tertiary/aromatic N) is 2. The van der Waals surface area contributed by atoms with Crippen LogP contribution in [0.25, 0.3) is 0 Å². The summed E-state index contributed by atoms with van der Waals surface area (Å²) in [6.45, 7) is 0.472. The number of carbonyl (C=O) groups excluding carboxylic acids is 2. The van der Waals surface area contributed by atoms with E-state index in [1.807, 2.05) is 12.1 Å². The first-order chi connectivity index (χ1) is 9.18. The third-order valence-corrected chi connectivity index (χ3v) is 3.50. The van der Waals surface area contributed by atoms with E-state index >= 15 is 0 Å². The number of hydrogen-bond acceptors (Lipinski definition) is 3. The number of nitrogens with one attached hydrogen (secondary N) is 1. The zero-order valence-corrected chi connectivity index (χ0v) is 11.1. The van der Waals surface area contributed by atoms with Gasteiger partial charge in [0.05, 0.1) is 0 Å². The number of rotatable bonds is 3. The van der Waals surface area contributed by atoms with Crippen LogP contribution in [-0.4, -0.2) is 34.8 Å². The first kappa shape index (κ1) is 13.5. The van der Waals surface area contributed by atoms with Crippen molar-refractivity contribution in [1.82, 2.24) is 15.2 Å². The van der Waals surface area contributed by atoms with E-state index in [4.69, 9.17) is 0 Å². The summed E-state index contributed by atoms with van der Waals surface area (Å²) in [7, 11) is 1.71. The Balaban J connectivity index is 1.93. The summed E-state index contributed by atoms with van der Waals surface area (Å²) in [6, 6.07) is 3.39. The van der Waals surface area contributed by atoms with E-state index in [-0.39, 0.29) is 17.9 Å². The molecule has 2 amide bonds. The summed E-state index contributed by atoms with van der Waals surface area (Å²) in [6.07, 6.45) is 6.47. The molecule has 102 valence electrons. The molecule has 1 atom stereocenters. The monoisotopic (exact) mass is 261 g/mol. The number of aromatic nitrogens is 1. The fourth-order valence-electron chi connectivity index (χ4n) is 2.27. The van der Waals surface area contributed by atoms with Gasteiger partial charge < -0.3 is 10.2 Å². The summed E-state index contributed by atoms with van der Waals surface area (Å²) < 4.78 is 0. The van der Waals surface area contributed by atoms with Crippen LogP contribution >= 0.6 is 0 Å². The number of hydrogen-bond donors (Lipinski definition) is 1. The van der Waals surface area contributed by atoms with E-state index in [1.165, 1.54) is 0 Å². The predicted molar refractivity (Wildman–Crippen MR) is 71.1 cm³/mol. The molecule has 5 heteroatoms. The average molecular weight is 261 g/mol. The normalized spacial score (nSPS) is 19.9. The molecule has 0 spiro atoms. The van der Waals surface area contributed by atoms with Crippen LogP contribution in [0, 0.1) is 0 Å². The van der Waals surface area contributed by atoms with Crippen molar-refractivity contribution in [3.05, 3.63) is 30.1 Å². The van der Waals surface area contributed by atoms with Gasteiger partial charge in [-0.2, -0.15) is 0 Å². The molecule has 0 saturated carbocycles. The Labute approximate surface area is 113 Å². The second-order valence-electron chi connectivity index (χ2n) is 4.84. The van der Waals surface area contributed by atoms with Crippen molar-refractivity contribution in [3.8, 4) is 0 Å². The van der Waals surface area contributed by atoms with Gasteiger partial charge in [0, 0.05) is 32.4 Å². The van der Waals surface area contributed by atoms with Crippen LogP contribution in [0.15, 0.2) is 24.5 Å². The fraction of sp³-hybridized carbons (Fsp3) is 0.500. The van der Waals surface area contributed by atoms with E-state index in [0.29, 0.717) is 13.0 Å². The third kappa shape index (κ3) is 3.53. The lowest BCUT2D eigenvalue weighted by molar-refractivity contribution is -0.138. The Hall–Kier alpha value is -1.91. The van der Waals surface area contributed by atoms with Gasteiger partial charge in [-0.15, -0.1) is 0 Å². The Bertz CT molecular complexity index is 447. The van der Waals surface area contributed by atoms with Gasteiger partial charge in [0.1, 0.15) is 6.04 Å². The quantitative estimate of drug-likeness (QED) is 0.886. The molecule has 19 heavy (non-hydrogen) atoms. The molecule has 1 aromatic rings. The highest BCUT2D eigenvalue weighted by atomic mass is 16.2. The number of likely N-dealkylation sites (tertiary alicyclic amines) is 1. The molecular weight excluding hydrogens is 242 g/mol. The van der Waals surface area contributed by atoms with E-state index in [0.717, 1.165) is 24.8 Å². The summed E-state index contributed by atoms with van der Waals surface area (Å²) in [5.74, 6) is -0.0175. The van der Waals surface area contributed by atoms with E-state index in [9.17, 15) is 9.59 Å². The van der Waals surface area contributed by atoms with Gasteiger partial charge in [0.25, 0.3) is 0 Å². The fourth-order valence-corrected chi connectivity index (χ4v) is 2.27. The topological polar surface area (TPSA) is 62.3 Å². The molecule has 1 saturated heterocycles. The molecule has 0 bridgehead atoms. The van der Waals surface area contributed by atoms with Crippen molar-refractivity contribution in [2.45, 2.75) is 38.3 Å². The second kappa shape index (κ2) is 6.31. The van der Waals surface area contributed by atoms with E-state index in [2.05, 4.69) is 10.3 Å². The molecule has 2 heterocycles. The second-order valence-corrected chi connectivity index (χ2v) is 4.84. The Kier molecular flexibility index (Phi) is 4.49. The molecule has 1 N–H and O–H groups in total. The molecule has 1 unspecified atom stereocenters. The van der Waals surface area contributed by atoms with Crippen molar-refractivity contribution in [3.63, 3.8) is 0 Å². The first-order valence-corrected chi connectivity index (χ1v) is 6.61. The molecule has 1 aliphatic heterocycles. The van der Waals surface area contributed by atoms with Crippen molar-refractivity contribution in [2.24, 2.45) is 0 Å². The van der Waals surface area contributed by atoms with Crippen molar-refractivity contribution >= 4 is 11.8 Å². The third-order valence-electron chi connectivity index (χ3n) is 3.50. The minimum atomic E-state index is -0.336. The molecule has 0 radical (unpaired) electrons. The zero-order valence-electron chi connectivity index (χ0n) is 11.1. The Morgan fingerprint density at radius 3 is 2.89 bits per heavy atom. The maximum Gasteiger partial charge on any atom is 0.243 e. The zero-order chi connectivity index (χ0) is 13.7. The van der Waals surface area contributed by atoms with Gasteiger partial charge in [-0.05, 0) is 30.5 Å². The highest BCUT2D eigenvalue weighted by Crippen LogP contribution is 2.16.